The number of aryl methyl sites for hydroxylation is 2. The molecule has 2 amide bonds. The average molecular weight is 396 g/mol. The summed E-state index contributed by atoms with van der Waals surface area (Å²) < 4.78 is 4.77. The van der Waals surface area contributed by atoms with Gasteiger partial charge in [-0.1, -0.05) is 59.7 Å². The van der Waals surface area contributed by atoms with Crippen LogP contribution in [0.25, 0.3) is 0 Å². The van der Waals surface area contributed by atoms with E-state index in [1.165, 1.54) is 14.0 Å². The lowest BCUT2D eigenvalue weighted by molar-refractivity contribution is -0.141. The molecular weight excluding hydrogens is 368 g/mol. The van der Waals surface area contributed by atoms with Crippen molar-refractivity contribution in [2.24, 2.45) is 0 Å². The monoisotopic (exact) mass is 396 g/mol. The Morgan fingerprint density at radius 3 is 1.66 bits per heavy atom. The standard InChI is InChI=1S/C23H28N2O4/c1-15-5-9-18(10-6-15)20(24-17(3)26)13-22(27)25-21(14-23(28)29-4)19-11-7-16(2)8-12-19/h5-12,20-21H,13-14H2,1-4H3,(H,24,26)(H,25,27)/t20-,21+/m0/s1. The maximum Gasteiger partial charge on any atom is 0.307 e. The minimum absolute atomic E-state index is 0.0284. The minimum atomic E-state index is -0.508. The van der Waals surface area contributed by atoms with Crippen LogP contribution in [0.3, 0.4) is 0 Å². The lowest BCUT2D eigenvalue weighted by Crippen LogP contribution is -2.35. The van der Waals surface area contributed by atoms with Crippen molar-refractivity contribution < 1.29 is 19.1 Å². The Morgan fingerprint density at radius 1 is 0.793 bits per heavy atom. The number of methoxy groups -OCH3 is 1. The van der Waals surface area contributed by atoms with Crippen molar-refractivity contribution in [1.29, 1.82) is 0 Å². The first-order valence-corrected chi connectivity index (χ1v) is 9.55. The van der Waals surface area contributed by atoms with Gasteiger partial charge in [0.25, 0.3) is 0 Å². The molecule has 0 aliphatic carbocycles. The fourth-order valence-electron chi connectivity index (χ4n) is 3.04. The van der Waals surface area contributed by atoms with E-state index in [1.807, 2.05) is 62.4 Å². The molecule has 0 bridgehead atoms. The summed E-state index contributed by atoms with van der Waals surface area (Å²) in [4.78, 5) is 36.2. The SMILES string of the molecule is COC(=O)C[C@@H](NC(=O)C[C@H](NC(C)=O)c1ccc(C)cc1)c1ccc(C)cc1. The van der Waals surface area contributed by atoms with Gasteiger partial charge < -0.3 is 15.4 Å². The van der Waals surface area contributed by atoms with Gasteiger partial charge in [0.15, 0.2) is 0 Å². The minimum Gasteiger partial charge on any atom is -0.469 e. The molecule has 2 N–H and O–H groups in total. The number of carbonyl (C=O) groups excluding carboxylic acids is 3. The summed E-state index contributed by atoms with van der Waals surface area (Å²) in [5.41, 5.74) is 3.85. The maximum absolute atomic E-state index is 12.8. The van der Waals surface area contributed by atoms with Gasteiger partial charge in [0.1, 0.15) is 0 Å². The molecule has 0 unspecified atom stereocenters. The van der Waals surface area contributed by atoms with E-state index in [9.17, 15) is 14.4 Å². The molecule has 2 aromatic rings. The lowest BCUT2D eigenvalue weighted by Gasteiger charge is -2.22. The van der Waals surface area contributed by atoms with Crippen molar-refractivity contribution in [1.82, 2.24) is 10.6 Å². The second kappa shape index (κ2) is 10.4. The molecule has 0 aliphatic heterocycles. The largest absolute Gasteiger partial charge is 0.469 e. The molecular formula is C23H28N2O4. The van der Waals surface area contributed by atoms with E-state index in [2.05, 4.69) is 10.6 Å². The number of esters is 1. The molecule has 29 heavy (non-hydrogen) atoms. The highest BCUT2D eigenvalue weighted by Gasteiger charge is 2.22. The zero-order chi connectivity index (χ0) is 21.4. The summed E-state index contributed by atoms with van der Waals surface area (Å²) in [6.45, 7) is 5.37. The van der Waals surface area contributed by atoms with E-state index in [-0.39, 0.29) is 24.7 Å². The number of nitrogens with one attached hydrogen (secondary N) is 2. The number of hydrogen-bond donors (Lipinski definition) is 2. The summed E-state index contributed by atoms with van der Waals surface area (Å²) in [6, 6.07) is 14.3. The molecule has 0 saturated carbocycles. The zero-order valence-electron chi connectivity index (χ0n) is 17.3. The molecule has 0 aromatic heterocycles. The maximum atomic E-state index is 12.8. The summed E-state index contributed by atoms with van der Waals surface area (Å²) >= 11 is 0. The average Bonchev–Trinajstić information content (AvgIpc) is 2.67. The fourth-order valence-corrected chi connectivity index (χ4v) is 3.04. The lowest BCUT2D eigenvalue weighted by atomic mass is 9.99. The van der Waals surface area contributed by atoms with Crippen LogP contribution in [0.15, 0.2) is 48.5 Å². The van der Waals surface area contributed by atoms with Crippen LogP contribution in [0.1, 0.15) is 54.1 Å². The van der Waals surface area contributed by atoms with Crippen LogP contribution in [-0.2, 0) is 19.1 Å². The molecule has 0 fully saturated rings. The predicted octanol–water partition coefficient (Wildman–Crippen LogP) is 3.29. The highest BCUT2D eigenvalue weighted by molar-refractivity contribution is 5.80. The summed E-state index contributed by atoms with van der Waals surface area (Å²) in [6.07, 6.45) is 0.0901. The van der Waals surface area contributed by atoms with Crippen LogP contribution < -0.4 is 10.6 Å². The van der Waals surface area contributed by atoms with Crippen LogP contribution in [0.5, 0.6) is 0 Å². The number of hydrogen-bond acceptors (Lipinski definition) is 4. The molecule has 6 heteroatoms. The van der Waals surface area contributed by atoms with E-state index in [4.69, 9.17) is 4.74 Å². The number of amides is 2. The highest BCUT2D eigenvalue weighted by Crippen LogP contribution is 2.21. The molecule has 0 radical (unpaired) electrons. The zero-order valence-corrected chi connectivity index (χ0v) is 17.3. The molecule has 0 spiro atoms. The molecule has 0 aliphatic rings. The van der Waals surface area contributed by atoms with Crippen molar-refractivity contribution in [3.8, 4) is 0 Å². The van der Waals surface area contributed by atoms with Crippen LogP contribution in [0, 0.1) is 13.8 Å². The van der Waals surface area contributed by atoms with E-state index in [0.29, 0.717) is 0 Å². The van der Waals surface area contributed by atoms with Gasteiger partial charge in [0.2, 0.25) is 11.8 Å². The third-order valence-electron chi connectivity index (χ3n) is 4.66. The second-order valence-corrected chi connectivity index (χ2v) is 7.18. The van der Waals surface area contributed by atoms with E-state index in [1.54, 1.807) is 0 Å². The summed E-state index contributed by atoms with van der Waals surface area (Å²) in [5, 5.41) is 5.74. The first kappa shape index (κ1) is 22.1. The Balaban J connectivity index is 2.16. The normalized spacial score (nSPS) is 12.6. The fraction of sp³-hybridized carbons (Fsp3) is 0.348. The number of carbonyl (C=O) groups is 3. The van der Waals surface area contributed by atoms with E-state index in [0.717, 1.165) is 22.3 Å². The van der Waals surface area contributed by atoms with Gasteiger partial charge in [-0.2, -0.15) is 0 Å². The van der Waals surface area contributed by atoms with Crippen molar-refractivity contribution in [2.75, 3.05) is 7.11 Å². The first-order valence-electron chi connectivity index (χ1n) is 9.55. The molecule has 2 atom stereocenters. The smallest absolute Gasteiger partial charge is 0.307 e. The molecule has 154 valence electrons. The van der Waals surface area contributed by atoms with Crippen molar-refractivity contribution in [3.05, 3.63) is 70.8 Å². The second-order valence-electron chi connectivity index (χ2n) is 7.18. The molecule has 6 nitrogen and oxygen atoms in total. The van der Waals surface area contributed by atoms with Crippen molar-refractivity contribution in [3.63, 3.8) is 0 Å². The van der Waals surface area contributed by atoms with Gasteiger partial charge in [0, 0.05) is 6.92 Å². The van der Waals surface area contributed by atoms with Crippen LogP contribution in [0.4, 0.5) is 0 Å². The Hall–Kier alpha value is -3.15. The Morgan fingerprint density at radius 2 is 1.24 bits per heavy atom. The molecule has 2 aromatic carbocycles. The van der Waals surface area contributed by atoms with Crippen LogP contribution in [0.2, 0.25) is 0 Å². The quantitative estimate of drug-likeness (QED) is 0.671. The van der Waals surface area contributed by atoms with Gasteiger partial charge in [-0.25, -0.2) is 0 Å². The third-order valence-corrected chi connectivity index (χ3v) is 4.66. The van der Waals surface area contributed by atoms with E-state index < -0.39 is 18.1 Å². The summed E-state index contributed by atoms with van der Waals surface area (Å²) in [7, 11) is 1.32. The van der Waals surface area contributed by atoms with Crippen LogP contribution in [-0.4, -0.2) is 24.9 Å². The van der Waals surface area contributed by atoms with Crippen molar-refractivity contribution >= 4 is 17.8 Å². The number of benzene rings is 2. The Kier molecular flexibility index (Phi) is 7.95. The van der Waals surface area contributed by atoms with Gasteiger partial charge in [-0.15, -0.1) is 0 Å². The van der Waals surface area contributed by atoms with Crippen molar-refractivity contribution in [2.45, 2.75) is 45.7 Å². The van der Waals surface area contributed by atoms with Gasteiger partial charge in [-0.05, 0) is 25.0 Å². The Bertz CT molecular complexity index is 844. The van der Waals surface area contributed by atoms with Crippen LogP contribution >= 0.6 is 0 Å². The van der Waals surface area contributed by atoms with Gasteiger partial charge >= 0.3 is 5.97 Å². The van der Waals surface area contributed by atoms with E-state index >= 15 is 0 Å². The Labute approximate surface area is 171 Å². The number of ether oxygens (including phenoxy) is 1. The molecule has 2 rings (SSSR count). The molecule has 0 saturated heterocycles. The first-order chi connectivity index (χ1) is 13.8. The summed E-state index contributed by atoms with van der Waals surface area (Å²) in [5.74, 6) is -0.889. The predicted molar refractivity (Wildman–Crippen MR) is 111 cm³/mol. The molecule has 0 heterocycles. The number of rotatable bonds is 8. The topological polar surface area (TPSA) is 84.5 Å². The highest BCUT2D eigenvalue weighted by atomic mass is 16.5. The third kappa shape index (κ3) is 7.07. The van der Waals surface area contributed by atoms with Gasteiger partial charge in [-0.3, -0.25) is 14.4 Å². The van der Waals surface area contributed by atoms with Gasteiger partial charge in [0.05, 0.1) is 32.0 Å².